The summed E-state index contributed by atoms with van der Waals surface area (Å²) in [7, 11) is 3.16. The monoisotopic (exact) mass is 368 g/mol. The first-order valence-electron chi connectivity index (χ1n) is 8.89. The highest BCUT2D eigenvalue weighted by Crippen LogP contribution is 2.55. The molecule has 0 saturated heterocycles. The molecule has 3 rings (SSSR count). The number of benzene rings is 2. The van der Waals surface area contributed by atoms with Crippen LogP contribution in [-0.2, 0) is 15.1 Å². The second kappa shape index (κ2) is 8.22. The Morgan fingerprint density at radius 3 is 2.59 bits per heavy atom. The van der Waals surface area contributed by atoms with Gasteiger partial charge in [0, 0.05) is 6.61 Å². The number of nitrogens with zero attached hydrogens (tertiary/aromatic N) is 1. The maximum Gasteiger partial charge on any atom is 0.246 e. The van der Waals surface area contributed by atoms with Crippen molar-refractivity contribution in [3.05, 3.63) is 59.7 Å². The van der Waals surface area contributed by atoms with E-state index < -0.39 is 5.60 Å². The van der Waals surface area contributed by atoms with Crippen LogP contribution in [0.2, 0.25) is 0 Å². The highest BCUT2D eigenvalue weighted by atomic mass is 16.5. The molecule has 1 fully saturated rings. The molecule has 1 N–H and O–H groups in total. The third-order valence-corrected chi connectivity index (χ3v) is 4.69. The zero-order valence-corrected chi connectivity index (χ0v) is 15.8. The van der Waals surface area contributed by atoms with E-state index in [0.717, 1.165) is 11.1 Å². The van der Waals surface area contributed by atoms with E-state index in [2.05, 4.69) is 10.5 Å². The second-order valence-corrected chi connectivity index (χ2v) is 6.29. The number of ether oxygens (including phenoxy) is 3. The van der Waals surface area contributed by atoms with Gasteiger partial charge in [-0.3, -0.25) is 4.79 Å². The predicted molar refractivity (Wildman–Crippen MR) is 103 cm³/mol. The van der Waals surface area contributed by atoms with Crippen LogP contribution in [0.4, 0.5) is 0 Å². The van der Waals surface area contributed by atoms with E-state index in [4.69, 9.17) is 14.2 Å². The molecular formula is C21H24N2O4. The summed E-state index contributed by atoms with van der Waals surface area (Å²) in [4.78, 5) is 12.5. The number of carbonyl (C=O) groups is 1. The van der Waals surface area contributed by atoms with E-state index in [1.807, 2.05) is 43.3 Å². The Kier molecular flexibility index (Phi) is 5.76. The van der Waals surface area contributed by atoms with Gasteiger partial charge in [0.25, 0.3) is 0 Å². The van der Waals surface area contributed by atoms with Gasteiger partial charge < -0.3 is 14.2 Å². The fourth-order valence-corrected chi connectivity index (χ4v) is 3.27. The normalized spacial score (nSPS) is 21.1. The molecule has 0 spiro atoms. The van der Waals surface area contributed by atoms with Crippen LogP contribution in [-0.4, -0.2) is 32.9 Å². The Morgan fingerprint density at radius 2 is 1.93 bits per heavy atom. The zero-order chi connectivity index (χ0) is 19.3. The Balaban J connectivity index is 1.65. The number of hydrogen-bond donors (Lipinski definition) is 1. The summed E-state index contributed by atoms with van der Waals surface area (Å²) in [6, 6.07) is 15.3. The molecule has 2 aromatic rings. The summed E-state index contributed by atoms with van der Waals surface area (Å²) >= 11 is 0. The van der Waals surface area contributed by atoms with Crippen molar-refractivity contribution in [3.63, 3.8) is 0 Å². The number of methoxy groups -OCH3 is 2. The van der Waals surface area contributed by atoms with Gasteiger partial charge in [0.05, 0.1) is 26.4 Å². The Bertz CT molecular complexity index is 822. The molecule has 0 bridgehead atoms. The molecule has 1 amide bonds. The molecule has 0 heterocycles. The summed E-state index contributed by atoms with van der Waals surface area (Å²) in [5, 5.41) is 4.08. The quantitative estimate of drug-likeness (QED) is 0.574. The van der Waals surface area contributed by atoms with Gasteiger partial charge in [0.2, 0.25) is 5.91 Å². The molecule has 1 aliphatic carbocycles. The number of carbonyl (C=O) groups excluding carboxylic acids is 1. The van der Waals surface area contributed by atoms with Crippen LogP contribution in [0.3, 0.4) is 0 Å². The van der Waals surface area contributed by atoms with Crippen molar-refractivity contribution in [2.75, 3.05) is 20.8 Å². The van der Waals surface area contributed by atoms with Gasteiger partial charge >= 0.3 is 0 Å². The van der Waals surface area contributed by atoms with Crippen LogP contribution < -0.4 is 14.9 Å². The average molecular weight is 368 g/mol. The molecule has 27 heavy (non-hydrogen) atoms. The largest absolute Gasteiger partial charge is 0.493 e. The Morgan fingerprint density at radius 1 is 1.19 bits per heavy atom. The molecule has 0 aliphatic heterocycles. The number of hydrazone groups is 1. The lowest BCUT2D eigenvalue weighted by atomic mass is 10.1. The van der Waals surface area contributed by atoms with E-state index in [-0.39, 0.29) is 11.8 Å². The second-order valence-electron chi connectivity index (χ2n) is 6.29. The highest BCUT2D eigenvalue weighted by Gasteiger charge is 2.60. The van der Waals surface area contributed by atoms with Gasteiger partial charge in [-0.1, -0.05) is 30.3 Å². The predicted octanol–water partition coefficient (Wildman–Crippen LogP) is 3.11. The maximum atomic E-state index is 12.5. The minimum atomic E-state index is -0.543. The van der Waals surface area contributed by atoms with E-state index in [1.165, 1.54) is 0 Å². The Hall–Kier alpha value is -2.86. The van der Waals surface area contributed by atoms with Gasteiger partial charge in [-0.05, 0) is 42.7 Å². The maximum absolute atomic E-state index is 12.5. The fraction of sp³-hybridized carbons (Fsp3) is 0.333. The molecule has 1 saturated carbocycles. The van der Waals surface area contributed by atoms with E-state index >= 15 is 0 Å². The molecular weight excluding hydrogens is 344 g/mol. The molecule has 0 aromatic heterocycles. The number of amides is 1. The molecule has 2 atom stereocenters. The smallest absolute Gasteiger partial charge is 0.246 e. The van der Waals surface area contributed by atoms with Crippen LogP contribution in [0.15, 0.2) is 53.6 Å². The molecule has 142 valence electrons. The number of rotatable bonds is 8. The van der Waals surface area contributed by atoms with E-state index in [1.54, 1.807) is 32.6 Å². The van der Waals surface area contributed by atoms with Crippen LogP contribution in [0.25, 0.3) is 0 Å². The van der Waals surface area contributed by atoms with Gasteiger partial charge in [-0.2, -0.15) is 5.10 Å². The number of hydrogen-bond acceptors (Lipinski definition) is 5. The van der Waals surface area contributed by atoms with E-state index in [0.29, 0.717) is 24.5 Å². The van der Waals surface area contributed by atoms with Gasteiger partial charge in [0.1, 0.15) is 5.60 Å². The molecule has 2 aromatic carbocycles. The van der Waals surface area contributed by atoms with Crippen molar-refractivity contribution < 1.29 is 19.0 Å². The standard InChI is InChI=1S/C21H24N2O4/c1-4-27-21(16-8-6-5-7-9-16)13-17(21)20(24)23-22-14-15-10-11-18(25-2)19(12-15)26-3/h5-12,14,17H,4,13H2,1-3H3,(H,23,24)/b22-14+/t17-,21-/m0/s1. The Labute approximate surface area is 159 Å². The molecule has 0 radical (unpaired) electrons. The molecule has 0 unspecified atom stereocenters. The lowest BCUT2D eigenvalue weighted by molar-refractivity contribution is -0.124. The van der Waals surface area contributed by atoms with Gasteiger partial charge in [-0.15, -0.1) is 0 Å². The van der Waals surface area contributed by atoms with Crippen LogP contribution >= 0.6 is 0 Å². The van der Waals surface area contributed by atoms with Crippen molar-refractivity contribution in [2.24, 2.45) is 11.0 Å². The first kappa shape index (κ1) is 18.9. The SMILES string of the molecule is CCO[C@]1(c2ccccc2)C[C@H]1C(=O)N/N=C/c1ccc(OC)c(OC)c1. The van der Waals surface area contributed by atoms with Crippen molar-refractivity contribution in [3.8, 4) is 11.5 Å². The zero-order valence-electron chi connectivity index (χ0n) is 15.8. The number of nitrogens with one attached hydrogen (secondary N) is 1. The third kappa shape index (κ3) is 3.95. The van der Waals surface area contributed by atoms with Gasteiger partial charge in [0.15, 0.2) is 11.5 Å². The summed E-state index contributed by atoms with van der Waals surface area (Å²) in [5.41, 5.74) is 3.90. The van der Waals surface area contributed by atoms with E-state index in [9.17, 15) is 4.79 Å². The fourth-order valence-electron chi connectivity index (χ4n) is 3.27. The summed E-state index contributed by atoms with van der Waals surface area (Å²) in [6.45, 7) is 2.49. The minimum Gasteiger partial charge on any atom is -0.493 e. The third-order valence-electron chi connectivity index (χ3n) is 4.69. The van der Waals surface area contributed by atoms with Gasteiger partial charge in [-0.25, -0.2) is 5.43 Å². The first-order valence-corrected chi connectivity index (χ1v) is 8.89. The first-order chi connectivity index (χ1) is 13.1. The van der Waals surface area contributed by atoms with Crippen LogP contribution in [0.5, 0.6) is 11.5 Å². The summed E-state index contributed by atoms with van der Waals surface area (Å²) in [5.74, 6) is 0.849. The topological polar surface area (TPSA) is 69.2 Å². The van der Waals surface area contributed by atoms with Crippen molar-refractivity contribution >= 4 is 12.1 Å². The van der Waals surface area contributed by atoms with Crippen LogP contribution in [0, 0.1) is 5.92 Å². The lowest BCUT2D eigenvalue weighted by Crippen LogP contribution is -2.26. The molecule has 6 nitrogen and oxygen atoms in total. The lowest BCUT2D eigenvalue weighted by Gasteiger charge is -2.17. The molecule has 6 heteroatoms. The summed E-state index contributed by atoms with van der Waals surface area (Å²) in [6.07, 6.45) is 2.23. The van der Waals surface area contributed by atoms with Crippen molar-refractivity contribution in [1.82, 2.24) is 5.43 Å². The van der Waals surface area contributed by atoms with Crippen molar-refractivity contribution in [2.45, 2.75) is 18.9 Å². The molecule has 1 aliphatic rings. The highest BCUT2D eigenvalue weighted by molar-refractivity contribution is 5.86. The van der Waals surface area contributed by atoms with Crippen LogP contribution in [0.1, 0.15) is 24.5 Å². The summed E-state index contributed by atoms with van der Waals surface area (Å²) < 4.78 is 16.4. The minimum absolute atomic E-state index is 0.149. The van der Waals surface area contributed by atoms with Crippen molar-refractivity contribution in [1.29, 1.82) is 0 Å². The average Bonchev–Trinajstić information content (AvgIpc) is 3.44.